The van der Waals surface area contributed by atoms with E-state index in [2.05, 4.69) is 13.0 Å². The van der Waals surface area contributed by atoms with E-state index in [1.807, 2.05) is 25.1 Å². The van der Waals surface area contributed by atoms with E-state index in [1.165, 1.54) is 0 Å². The van der Waals surface area contributed by atoms with Crippen molar-refractivity contribution in [3.05, 3.63) is 30.0 Å². The fourth-order valence-electron chi connectivity index (χ4n) is 1.51. The molecule has 0 aliphatic heterocycles. The predicted molar refractivity (Wildman–Crippen MR) is 56.8 cm³/mol. The van der Waals surface area contributed by atoms with Gasteiger partial charge < -0.3 is 9.15 Å². The van der Waals surface area contributed by atoms with Crippen molar-refractivity contribution in [3.63, 3.8) is 0 Å². The Morgan fingerprint density at radius 1 is 1.21 bits per heavy atom. The van der Waals surface area contributed by atoms with E-state index in [0.717, 1.165) is 28.9 Å². The lowest BCUT2D eigenvalue weighted by Crippen LogP contribution is -1.89. The minimum Gasteiger partial charge on any atom is -0.494 e. The predicted octanol–water partition coefficient (Wildman–Crippen LogP) is 3.39. The van der Waals surface area contributed by atoms with Gasteiger partial charge in [0.15, 0.2) is 0 Å². The van der Waals surface area contributed by atoms with Crippen LogP contribution in [0.1, 0.15) is 19.6 Å². The average Bonchev–Trinajstić information content (AvgIpc) is 2.60. The maximum absolute atomic E-state index is 5.59. The Morgan fingerprint density at radius 3 is 2.79 bits per heavy atom. The molecule has 0 radical (unpaired) electrons. The van der Waals surface area contributed by atoms with E-state index in [0.29, 0.717) is 6.61 Å². The quantitative estimate of drug-likeness (QED) is 0.740. The second-order valence-electron chi connectivity index (χ2n) is 3.20. The van der Waals surface area contributed by atoms with Crippen molar-refractivity contribution in [3.8, 4) is 5.75 Å². The molecule has 0 aliphatic rings. The lowest BCUT2D eigenvalue weighted by atomic mass is 10.2. The highest BCUT2D eigenvalue weighted by Crippen LogP contribution is 2.24. The fourth-order valence-corrected chi connectivity index (χ4v) is 1.51. The third-order valence-corrected chi connectivity index (χ3v) is 2.20. The van der Waals surface area contributed by atoms with Gasteiger partial charge in [0.25, 0.3) is 0 Å². The highest BCUT2D eigenvalue weighted by atomic mass is 16.5. The zero-order valence-electron chi connectivity index (χ0n) is 8.54. The lowest BCUT2D eigenvalue weighted by Gasteiger charge is -2.00. The van der Waals surface area contributed by atoms with Crippen LogP contribution >= 0.6 is 0 Å². The zero-order chi connectivity index (χ0) is 9.97. The third kappa shape index (κ3) is 1.60. The lowest BCUT2D eigenvalue weighted by molar-refractivity contribution is 0.340. The first kappa shape index (κ1) is 9.13. The maximum atomic E-state index is 5.59. The molecule has 0 saturated carbocycles. The molecule has 0 spiro atoms. The van der Waals surface area contributed by atoms with Gasteiger partial charge in [0, 0.05) is 11.8 Å². The van der Waals surface area contributed by atoms with Gasteiger partial charge in [-0.2, -0.15) is 0 Å². The van der Waals surface area contributed by atoms with E-state index < -0.39 is 0 Å². The van der Waals surface area contributed by atoms with Crippen LogP contribution in [0.2, 0.25) is 0 Å². The molecule has 0 aliphatic carbocycles. The number of fused-ring (bicyclic) bond motifs is 1. The van der Waals surface area contributed by atoms with Gasteiger partial charge in [-0.3, -0.25) is 0 Å². The molecule has 0 atom stereocenters. The van der Waals surface area contributed by atoms with Crippen molar-refractivity contribution in [1.29, 1.82) is 0 Å². The molecule has 1 heterocycles. The Kier molecular flexibility index (Phi) is 2.44. The van der Waals surface area contributed by atoms with Crippen LogP contribution in [0.4, 0.5) is 0 Å². The first-order valence-corrected chi connectivity index (χ1v) is 4.98. The van der Waals surface area contributed by atoms with Crippen molar-refractivity contribution in [2.75, 3.05) is 6.61 Å². The van der Waals surface area contributed by atoms with E-state index in [1.54, 1.807) is 0 Å². The van der Waals surface area contributed by atoms with Crippen LogP contribution in [0, 0.1) is 0 Å². The van der Waals surface area contributed by atoms with Crippen molar-refractivity contribution in [2.24, 2.45) is 0 Å². The van der Waals surface area contributed by atoms with Crippen LogP contribution < -0.4 is 4.74 Å². The molecule has 1 aromatic heterocycles. The summed E-state index contributed by atoms with van der Waals surface area (Å²) in [5.41, 5.74) is 0.935. The molecule has 2 heteroatoms. The zero-order valence-corrected chi connectivity index (χ0v) is 8.54. The Labute approximate surface area is 83.5 Å². The Hall–Kier alpha value is -1.44. The number of hydrogen-bond acceptors (Lipinski definition) is 2. The number of hydrogen-bond donors (Lipinski definition) is 0. The smallest absolute Gasteiger partial charge is 0.134 e. The average molecular weight is 190 g/mol. The molecule has 0 bridgehead atoms. The minimum atomic E-state index is 0.698. The Bertz CT molecular complexity index is 429. The molecule has 0 saturated heterocycles. The Morgan fingerprint density at radius 2 is 2.07 bits per heavy atom. The van der Waals surface area contributed by atoms with E-state index in [4.69, 9.17) is 9.15 Å². The summed E-state index contributed by atoms with van der Waals surface area (Å²) in [5, 5.41) is 1.12. The molecule has 1 aromatic carbocycles. The van der Waals surface area contributed by atoms with Crippen molar-refractivity contribution < 1.29 is 9.15 Å². The molecule has 2 rings (SSSR count). The number of ether oxygens (including phenoxy) is 1. The molecule has 14 heavy (non-hydrogen) atoms. The molecule has 0 unspecified atom stereocenters. The van der Waals surface area contributed by atoms with Gasteiger partial charge in [0.2, 0.25) is 0 Å². The van der Waals surface area contributed by atoms with Gasteiger partial charge in [0.05, 0.1) is 6.61 Å². The van der Waals surface area contributed by atoms with Gasteiger partial charge >= 0.3 is 0 Å². The van der Waals surface area contributed by atoms with Crippen molar-refractivity contribution >= 4 is 11.0 Å². The molecular formula is C12H14O2. The topological polar surface area (TPSA) is 22.4 Å². The van der Waals surface area contributed by atoms with Gasteiger partial charge in [-0.15, -0.1) is 0 Å². The van der Waals surface area contributed by atoms with Crippen LogP contribution in [0.3, 0.4) is 0 Å². The molecule has 0 fully saturated rings. The van der Waals surface area contributed by atoms with Crippen LogP contribution in [0.25, 0.3) is 11.0 Å². The molecule has 0 amide bonds. The van der Waals surface area contributed by atoms with Gasteiger partial charge in [-0.25, -0.2) is 0 Å². The van der Waals surface area contributed by atoms with E-state index in [-0.39, 0.29) is 0 Å². The fraction of sp³-hybridized carbons (Fsp3) is 0.333. The second-order valence-corrected chi connectivity index (χ2v) is 3.20. The van der Waals surface area contributed by atoms with Crippen LogP contribution in [0.15, 0.2) is 28.7 Å². The van der Waals surface area contributed by atoms with Gasteiger partial charge in [0.1, 0.15) is 17.1 Å². The summed E-state index contributed by atoms with van der Waals surface area (Å²) in [6.45, 7) is 4.77. The summed E-state index contributed by atoms with van der Waals surface area (Å²) in [6, 6.07) is 7.98. The highest BCUT2D eigenvalue weighted by Gasteiger charge is 2.02. The summed E-state index contributed by atoms with van der Waals surface area (Å²) in [6.07, 6.45) is 0.929. The SMILES string of the molecule is CCOc1ccc2oc(CC)cc2c1. The number of rotatable bonds is 3. The number of furan rings is 1. The molecule has 2 nitrogen and oxygen atoms in total. The van der Waals surface area contributed by atoms with Crippen LogP contribution in [0.5, 0.6) is 5.75 Å². The first-order chi connectivity index (χ1) is 6.83. The summed E-state index contributed by atoms with van der Waals surface area (Å²) in [5.74, 6) is 1.93. The van der Waals surface area contributed by atoms with Crippen LogP contribution in [-0.2, 0) is 6.42 Å². The van der Waals surface area contributed by atoms with Gasteiger partial charge in [-0.05, 0) is 31.2 Å². The molecule has 2 aromatic rings. The summed E-state index contributed by atoms with van der Waals surface area (Å²) in [7, 11) is 0. The largest absolute Gasteiger partial charge is 0.494 e. The highest BCUT2D eigenvalue weighted by molar-refractivity contribution is 5.79. The summed E-state index contributed by atoms with van der Waals surface area (Å²) >= 11 is 0. The third-order valence-electron chi connectivity index (χ3n) is 2.20. The van der Waals surface area contributed by atoms with E-state index in [9.17, 15) is 0 Å². The molecule has 0 N–H and O–H groups in total. The van der Waals surface area contributed by atoms with E-state index >= 15 is 0 Å². The normalized spacial score (nSPS) is 10.7. The van der Waals surface area contributed by atoms with Gasteiger partial charge in [-0.1, -0.05) is 6.92 Å². The van der Waals surface area contributed by atoms with Crippen LogP contribution in [-0.4, -0.2) is 6.61 Å². The van der Waals surface area contributed by atoms with Crippen molar-refractivity contribution in [1.82, 2.24) is 0 Å². The first-order valence-electron chi connectivity index (χ1n) is 4.98. The number of benzene rings is 1. The Balaban J connectivity index is 2.43. The van der Waals surface area contributed by atoms with Crippen molar-refractivity contribution in [2.45, 2.75) is 20.3 Å². The molecular weight excluding hydrogens is 176 g/mol. The second kappa shape index (κ2) is 3.74. The molecule has 74 valence electrons. The summed E-state index contributed by atoms with van der Waals surface area (Å²) < 4.78 is 11.0. The number of aryl methyl sites for hydroxylation is 1. The summed E-state index contributed by atoms with van der Waals surface area (Å²) in [4.78, 5) is 0. The monoisotopic (exact) mass is 190 g/mol. The maximum Gasteiger partial charge on any atom is 0.134 e. The standard InChI is InChI=1S/C12H14O2/c1-3-10-7-9-8-11(13-4-2)5-6-12(9)14-10/h5-8H,3-4H2,1-2H3. The minimum absolute atomic E-state index is 0.698.